The molecule has 0 saturated heterocycles. The summed E-state index contributed by atoms with van der Waals surface area (Å²) in [4.78, 5) is 51.1. The molecule has 0 aliphatic heterocycles. The predicted molar refractivity (Wildman–Crippen MR) is 144 cm³/mol. The summed E-state index contributed by atoms with van der Waals surface area (Å²) >= 11 is 2.55. The first-order valence-electron chi connectivity index (χ1n) is 11.6. The standard InChI is InChI=1S/C26H25N3O7S2/c1-14(15-10-11-17(18(13-15)34-2)36-25(32)20-9-6-12-37-20)28-29-23(31)22(30)27-24-21(26(33)35-3)16-7-4-5-8-19(16)38-24/h6,9-13H,4-5,7-8H2,1-3H3,(H,27,30)(H,29,31). The molecule has 3 aromatic rings. The summed E-state index contributed by atoms with van der Waals surface area (Å²) in [5.74, 6) is -2.49. The second-order valence-electron chi connectivity index (χ2n) is 8.23. The molecule has 1 aliphatic rings. The van der Waals surface area contributed by atoms with Crippen molar-refractivity contribution < 1.29 is 33.4 Å². The third-order valence-electron chi connectivity index (χ3n) is 5.83. The number of hydrazone groups is 1. The molecule has 0 atom stereocenters. The van der Waals surface area contributed by atoms with Crippen LogP contribution in [0.1, 0.15) is 55.8 Å². The molecule has 0 spiro atoms. The Morgan fingerprint density at radius 3 is 2.47 bits per heavy atom. The summed E-state index contributed by atoms with van der Waals surface area (Å²) in [5.41, 5.74) is 4.35. The molecule has 1 aromatic carbocycles. The smallest absolute Gasteiger partial charge is 0.353 e. The number of fused-ring (bicyclic) bond motifs is 1. The second-order valence-corrected chi connectivity index (χ2v) is 10.3. The maximum absolute atomic E-state index is 12.6. The normalized spacial score (nSPS) is 12.8. The Morgan fingerprint density at radius 2 is 1.76 bits per heavy atom. The van der Waals surface area contributed by atoms with E-state index in [4.69, 9.17) is 14.2 Å². The van der Waals surface area contributed by atoms with Crippen molar-refractivity contribution in [1.29, 1.82) is 0 Å². The quantitative estimate of drug-likeness (QED) is 0.147. The lowest BCUT2D eigenvalue weighted by Gasteiger charge is -2.11. The van der Waals surface area contributed by atoms with Crippen molar-refractivity contribution in [3.8, 4) is 11.5 Å². The molecular formula is C26H25N3O7S2. The molecule has 0 fully saturated rings. The van der Waals surface area contributed by atoms with Crippen LogP contribution in [0.3, 0.4) is 0 Å². The van der Waals surface area contributed by atoms with E-state index in [9.17, 15) is 19.2 Å². The molecule has 0 radical (unpaired) electrons. The monoisotopic (exact) mass is 555 g/mol. The number of thiophene rings is 2. The molecule has 12 heteroatoms. The summed E-state index contributed by atoms with van der Waals surface area (Å²) in [6.45, 7) is 1.63. The van der Waals surface area contributed by atoms with Crippen LogP contribution in [0.2, 0.25) is 0 Å². The molecule has 2 aromatic heterocycles. The number of nitrogens with zero attached hydrogens (tertiary/aromatic N) is 1. The van der Waals surface area contributed by atoms with Gasteiger partial charge >= 0.3 is 23.8 Å². The van der Waals surface area contributed by atoms with E-state index in [1.165, 1.54) is 36.9 Å². The van der Waals surface area contributed by atoms with Crippen LogP contribution in [0, 0.1) is 0 Å². The van der Waals surface area contributed by atoms with Crippen molar-refractivity contribution in [3.63, 3.8) is 0 Å². The number of hydrogen-bond donors (Lipinski definition) is 2. The van der Waals surface area contributed by atoms with Gasteiger partial charge in [-0.25, -0.2) is 15.0 Å². The van der Waals surface area contributed by atoms with Gasteiger partial charge < -0.3 is 19.5 Å². The number of carbonyl (C=O) groups is 4. The van der Waals surface area contributed by atoms with Crippen LogP contribution in [0.4, 0.5) is 5.00 Å². The van der Waals surface area contributed by atoms with Crippen molar-refractivity contribution in [2.24, 2.45) is 5.10 Å². The van der Waals surface area contributed by atoms with E-state index in [-0.39, 0.29) is 5.75 Å². The zero-order valence-corrected chi connectivity index (χ0v) is 22.5. The number of benzene rings is 1. The Morgan fingerprint density at radius 1 is 0.974 bits per heavy atom. The van der Waals surface area contributed by atoms with E-state index >= 15 is 0 Å². The fraction of sp³-hybridized carbons (Fsp3) is 0.269. The first-order chi connectivity index (χ1) is 18.3. The minimum absolute atomic E-state index is 0.228. The summed E-state index contributed by atoms with van der Waals surface area (Å²) in [6.07, 6.45) is 3.47. The first-order valence-corrected chi connectivity index (χ1v) is 13.3. The van der Waals surface area contributed by atoms with Crippen molar-refractivity contribution in [2.45, 2.75) is 32.6 Å². The number of hydrogen-bond acceptors (Lipinski definition) is 10. The Bertz CT molecular complexity index is 1410. The number of amides is 2. The van der Waals surface area contributed by atoms with Gasteiger partial charge in [-0.3, -0.25) is 9.59 Å². The highest BCUT2D eigenvalue weighted by molar-refractivity contribution is 7.17. The van der Waals surface area contributed by atoms with E-state index in [1.807, 2.05) is 0 Å². The largest absolute Gasteiger partial charge is 0.493 e. The topological polar surface area (TPSA) is 132 Å². The fourth-order valence-electron chi connectivity index (χ4n) is 3.90. The highest BCUT2D eigenvalue weighted by Gasteiger charge is 2.28. The zero-order valence-electron chi connectivity index (χ0n) is 20.9. The van der Waals surface area contributed by atoms with Crippen LogP contribution in [0.15, 0.2) is 40.8 Å². The second kappa shape index (κ2) is 12.0. The van der Waals surface area contributed by atoms with Gasteiger partial charge in [-0.1, -0.05) is 6.07 Å². The van der Waals surface area contributed by atoms with Gasteiger partial charge in [-0.15, -0.1) is 22.7 Å². The van der Waals surface area contributed by atoms with Gasteiger partial charge in [0.05, 0.1) is 25.5 Å². The molecule has 2 amide bonds. The number of methoxy groups -OCH3 is 2. The molecule has 0 saturated carbocycles. The summed E-state index contributed by atoms with van der Waals surface area (Å²) in [7, 11) is 2.71. The van der Waals surface area contributed by atoms with Crippen LogP contribution in [-0.2, 0) is 27.2 Å². The average molecular weight is 556 g/mol. The van der Waals surface area contributed by atoms with E-state index < -0.39 is 23.8 Å². The number of nitrogens with one attached hydrogen (secondary N) is 2. The maximum Gasteiger partial charge on any atom is 0.353 e. The molecule has 198 valence electrons. The van der Waals surface area contributed by atoms with Gasteiger partial charge in [0.15, 0.2) is 11.5 Å². The van der Waals surface area contributed by atoms with Crippen molar-refractivity contribution in [3.05, 3.63) is 62.2 Å². The lowest BCUT2D eigenvalue weighted by atomic mass is 9.95. The number of rotatable bonds is 7. The minimum atomic E-state index is -1.000. The number of aryl methyl sites for hydroxylation is 1. The number of carbonyl (C=O) groups excluding carboxylic acids is 4. The molecular weight excluding hydrogens is 530 g/mol. The molecule has 2 heterocycles. The number of esters is 2. The highest BCUT2D eigenvalue weighted by atomic mass is 32.1. The number of ether oxygens (including phenoxy) is 3. The first kappa shape index (κ1) is 27.0. The van der Waals surface area contributed by atoms with Crippen LogP contribution in [0.5, 0.6) is 11.5 Å². The van der Waals surface area contributed by atoms with Crippen LogP contribution >= 0.6 is 22.7 Å². The van der Waals surface area contributed by atoms with Crippen molar-refractivity contribution in [1.82, 2.24) is 5.43 Å². The van der Waals surface area contributed by atoms with Crippen molar-refractivity contribution in [2.75, 3.05) is 19.5 Å². The molecule has 1 aliphatic carbocycles. The third-order valence-corrected chi connectivity index (χ3v) is 7.88. The van der Waals surface area contributed by atoms with Gasteiger partial charge in [-0.2, -0.15) is 5.10 Å². The minimum Gasteiger partial charge on any atom is -0.493 e. The van der Waals surface area contributed by atoms with Crippen molar-refractivity contribution >= 4 is 57.1 Å². The van der Waals surface area contributed by atoms with Crippen LogP contribution < -0.4 is 20.2 Å². The van der Waals surface area contributed by atoms with Gasteiger partial charge in [0.1, 0.15) is 9.88 Å². The number of anilines is 1. The lowest BCUT2D eigenvalue weighted by molar-refractivity contribution is -0.136. The SMILES string of the molecule is COC(=O)c1c(NC(=O)C(=O)NN=C(C)c2ccc(OC(=O)c3cccs3)c(OC)c2)sc2c1CCCC2. The Labute approximate surface area is 226 Å². The van der Waals surface area contributed by atoms with E-state index in [0.29, 0.717) is 32.5 Å². The molecule has 0 unspecified atom stereocenters. The highest BCUT2D eigenvalue weighted by Crippen LogP contribution is 2.38. The predicted octanol–water partition coefficient (Wildman–Crippen LogP) is 4.18. The molecule has 0 bridgehead atoms. The van der Waals surface area contributed by atoms with E-state index in [1.54, 1.807) is 42.6 Å². The van der Waals surface area contributed by atoms with E-state index in [0.717, 1.165) is 36.1 Å². The van der Waals surface area contributed by atoms with Gasteiger partial charge in [-0.05, 0) is 67.8 Å². The molecule has 4 rings (SSSR count). The van der Waals surface area contributed by atoms with Gasteiger partial charge in [0, 0.05) is 10.4 Å². The third kappa shape index (κ3) is 5.92. The zero-order chi connectivity index (χ0) is 27.2. The fourth-order valence-corrected chi connectivity index (χ4v) is 5.77. The molecule has 10 nitrogen and oxygen atoms in total. The Balaban J connectivity index is 1.43. The lowest BCUT2D eigenvalue weighted by Crippen LogP contribution is -2.33. The van der Waals surface area contributed by atoms with E-state index in [2.05, 4.69) is 15.8 Å². The maximum atomic E-state index is 12.6. The summed E-state index contributed by atoms with van der Waals surface area (Å²) < 4.78 is 15.7. The van der Waals surface area contributed by atoms with Gasteiger partial charge in [0.25, 0.3) is 0 Å². The Hall–Kier alpha value is -4.03. The van der Waals surface area contributed by atoms with Gasteiger partial charge in [0.2, 0.25) is 0 Å². The van der Waals surface area contributed by atoms with Crippen LogP contribution in [0.25, 0.3) is 0 Å². The summed E-state index contributed by atoms with van der Waals surface area (Å²) in [6, 6.07) is 8.21. The molecule has 38 heavy (non-hydrogen) atoms. The Kier molecular flexibility index (Phi) is 8.54. The summed E-state index contributed by atoms with van der Waals surface area (Å²) in [5, 5.41) is 8.61. The van der Waals surface area contributed by atoms with Crippen LogP contribution in [-0.4, -0.2) is 43.7 Å². The average Bonchev–Trinajstić information content (AvgIpc) is 3.59. The molecule has 2 N–H and O–H groups in total.